The summed E-state index contributed by atoms with van der Waals surface area (Å²) in [6.45, 7) is 0.718. The highest BCUT2D eigenvalue weighted by molar-refractivity contribution is 7.82. The van der Waals surface area contributed by atoms with Crippen LogP contribution in [0.1, 0.15) is 5.56 Å². The zero-order valence-corrected chi connectivity index (χ0v) is 12.3. The van der Waals surface area contributed by atoms with E-state index in [1.807, 2.05) is 24.3 Å². The first-order chi connectivity index (χ1) is 10.2. The van der Waals surface area contributed by atoms with Crippen molar-refractivity contribution in [1.82, 2.24) is 0 Å². The Hall–Kier alpha value is -2.17. The quantitative estimate of drug-likeness (QED) is 0.775. The number of hydrogen-bond donors (Lipinski definition) is 2. The molecular formula is C17H16N2OS. The van der Waals surface area contributed by atoms with E-state index in [2.05, 4.69) is 35.6 Å². The topological polar surface area (TPSA) is 55.1 Å². The number of benzene rings is 3. The van der Waals surface area contributed by atoms with Crippen LogP contribution in [0.25, 0.3) is 10.8 Å². The van der Waals surface area contributed by atoms with Gasteiger partial charge in [0.2, 0.25) is 0 Å². The molecule has 1 atom stereocenters. The first-order valence-corrected chi connectivity index (χ1v) is 7.91. The van der Waals surface area contributed by atoms with E-state index in [0.29, 0.717) is 4.90 Å². The molecule has 0 spiro atoms. The second-order valence-electron chi connectivity index (χ2n) is 4.86. The molecule has 0 aliphatic rings. The molecule has 0 amide bonds. The van der Waals surface area contributed by atoms with Gasteiger partial charge in [-0.3, -0.25) is 0 Å². The molecule has 3 nitrogen and oxygen atoms in total. The van der Waals surface area contributed by atoms with Crippen LogP contribution >= 0.6 is 0 Å². The molecule has 3 rings (SSSR count). The van der Waals surface area contributed by atoms with Gasteiger partial charge in [0.1, 0.15) is 11.0 Å². The van der Waals surface area contributed by atoms with Gasteiger partial charge in [-0.1, -0.05) is 42.5 Å². The lowest BCUT2D eigenvalue weighted by Gasteiger charge is -2.08. The molecule has 0 aliphatic heterocycles. The van der Waals surface area contributed by atoms with Crippen molar-refractivity contribution < 1.29 is 4.21 Å². The average Bonchev–Trinajstić information content (AvgIpc) is 2.53. The smallest absolute Gasteiger partial charge is 0.122 e. The fourth-order valence-electron chi connectivity index (χ4n) is 2.24. The van der Waals surface area contributed by atoms with Crippen molar-refractivity contribution >= 4 is 27.4 Å². The van der Waals surface area contributed by atoms with Gasteiger partial charge in [-0.05, 0) is 40.6 Å². The molecule has 3 aromatic carbocycles. The van der Waals surface area contributed by atoms with Gasteiger partial charge in [0.15, 0.2) is 0 Å². The van der Waals surface area contributed by atoms with Gasteiger partial charge in [-0.25, -0.2) is 9.35 Å². The molecule has 0 aliphatic carbocycles. The Kier molecular flexibility index (Phi) is 3.99. The Balaban J connectivity index is 1.72. The summed E-state index contributed by atoms with van der Waals surface area (Å²) < 4.78 is 11.1. The maximum atomic E-state index is 11.1. The van der Waals surface area contributed by atoms with E-state index in [1.54, 1.807) is 12.1 Å². The SMILES string of the molecule is NS(=O)c1ccc(CNc2ccc3ccccc3c2)cc1. The van der Waals surface area contributed by atoms with E-state index in [9.17, 15) is 4.21 Å². The van der Waals surface area contributed by atoms with Gasteiger partial charge in [0.05, 0.1) is 4.90 Å². The van der Waals surface area contributed by atoms with Crippen LogP contribution < -0.4 is 10.5 Å². The maximum absolute atomic E-state index is 11.1. The lowest BCUT2D eigenvalue weighted by molar-refractivity contribution is 0.684. The Labute approximate surface area is 126 Å². The number of nitrogens with two attached hydrogens (primary N) is 1. The number of fused-ring (bicyclic) bond motifs is 1. The summed E-state index contributed by atoms with van der Waals surface area (Å²) in [4.78, 5) is 0.643. The first-order valence-electron chi connectivity index (χ1n) is 6.70. The van der Waals surface area contributed by atoms with E-state index in [4.69, 9.17) is 5.14 Å². The fraction of sp³-hybridized carbons (Fsp3) is 0.0588. The minimum atomic E-state index is -1.41. The van der Waals surface area contributed by atoms with Gasteiger partial charge >= 0.3 is 0 Å². The highest BCUT2D eigenvalue weighted by Crippen LogP contribution is 2.19. The van der Waals surface area contributed by atoms with Crippen LogP contribution in [-0.4, -0.2) is 4.21 Å². The zero-order valence-electron chi connectivity index (χ0n) is 11.5. The van der Waals surface area contributed by atoms with Gasteiger partial charge in [-0.15, -0.1) is 0 Å². The van der Waals surface area contributed by atoms with Crippen molar-refractivity contribution in [3.05, 3.63) is 72.3 Å². The molecule has 1 unspecified atom stereocenters. The van der Waals surface area contributed by atoms with E-state index >= 15 is 0 Å². The number of anilines is 1. The largest absolute Gasteiger partial charge is 0.381 e. The highest BCUT2D eigenvalue weighted by atomic mass is 32.2. The van der Waals surface area contributed by atoms with Crippen LogP contribution in [-0.2, 0) is 17.5 Å². The lowest BCUT2D eigenvalue weighted by Crippen LogP contribution is -2.03. The van der Waals surface area contributed by atoms with E-state index in [-0.39, 0.29) is 0 Å². The van der Waals surface area contributed by atoms with E-state index in [0.717, 1.165) is 17.8 Å². The second kappa shape index (κ2) is 6.08. The zero-order chi connectivity index (χ0) is 14.7. The van der Waals surface area contributed by atoms with Gasteiger partial charge < -0.3 is 5.32 Å². The lowest BCUT2D eigenvalue weighted by atomic mass is 10.1. The predicted octanol–water partition coefficient (Wildman–Crippen LogP) is 3.43. The molecule has 0 fully saturated rings. The van der Waals surface area contributed by atoms with Crippen LogP contribution in [0.3, 0.4) is 0 Å². The molecular weight excluding hydrogens is 280 g/mol. The molecule has 4 heteroatoms. The van der Waals surface area contributed by atoms with Crippen LogP contribution in [0, 0.1) is 0 Å². The third-order valence-electron chi connectivity index (χ3n) is 3.40. The summed E-state index contributed by atoms with van der Waals surface area (Å²) in [5, 5.41) is 11.2. The second-order valence-corrected chi connectivity index (χ2v) is 5.92. The van der Waals surface area contributed by atoms with Crippen LogP contribution in [0.15, 0.2) is 71.6 Å². The monoisotopic (exact) mass is 296 g/mol. The average molecular weight is 296 g/mol. The first kappa shape index (κ1) is 13.8. The van der Waals surface area contributed by atoms with Gasteiger partial charge in [-0.2, -0.15) is 0 Å². The Morgan fingerprint density at radius 1 is 0.905 bits per heavy atom. The fourth-order valence-corrected chi connectivity index (χ4v) is 2.65. The van der Waals surface area contributed by atoms with Crippen molar-refractivity contribution in [2.45, 2.75) is 11.4 Å². The number of rotatable bonds is 4. The van der Waals surface area contributed by atoms with Crippen molar-refractivity contribution in [2.75, 3.05) is 5.32 Å². The van der Waals surface area contributed by atoms with E-state index in [1.165, 1.54) is 10.8 Å². The Morgan fingerprint density at radius 3 is 2.33 bits per heavy atom. The summed E-state index contributed by atoms with van der Waals surface area (Å²) >= 11 is 0. The third-order valence-corrected chi connectivity index (χ3v) is 4.14. The van der Waals surface area contributed by atoms with Crippen molar-refractivity contribution in [3.63, 3.8) is 0 Å². The normalized spacial score (nSPS) is 12.2. The van der Waals surface area contributed by atoms with Crippen molar-refractivity contribution in [2.24, 2.45) is 5.14 Å². The molecule has 0 radical (unpaired) electrons. The van der Waals surface area contributed by atoms with Crippen LogP contribution in [0.4, 0.5) is 5.69 Å². The minimum Gasteiger partial charge on any atom is -0.381 e. The molecule has 0 bridgehead atoms. The van der Waals surface area contributed by atoms with E-state index < -0.39 is 11.0 Å². The molecule has 106 valence electrons. The summed E-state index contributed by atoms with van der Waals surface area (Å²) in [5.41, 5.74) is 2.21. The molecule has 0 saturated heterocycles. The molecule has 0 saturated carbocycles. The standard InChI is InChI=1S/C17H16N2OS/c18-21(20)17-9-5-13(6-10-17)12-19-16-8-7-14-3-1-2-4-15(14)11-16/h1-11,19H,12,18H2. The summed E-state index contributed by atoms with van der Waals surface area (Å²) in [5.74, 6) is 0. The van der Waals surface area contributed by atoms with Crippen molar-refractivity contribution in [3.8, 4) is 0 Å². The summed E-state index contributed by atoms with van der Waals surface area (Å²) in [6, 6.07) is 22.1. The molecule has 0 heterocycles. The Morgan fingerprint density at radius 2 is 1.62 bits per heavy atom. The molecule has 21 heavy (non-hydrogen) atoms. The van der Waals surface area contributed by atoms with Crippen LogP contribution in [0.2, 0.25) is 0 Å². The maximum Gasteiger partial charge on any atom is 0.122 e. The predicted molar refractivity (Wildman–Crippen MR) is 88.3 cm³/mol. The number of nitrogens with one attached hydrogen (secondary N) is 1. The number of hydrogen-bond acceptors (Lipinski definition) is 2. The van der Waals surface area contributed by atoms with Crippen molar-refractivity contribution in [1.29, 1.82) is 0 Å². The summed E-state index contributed by atoms with van der Waals surface area (Å²) in [6.07, 6.45) is 0. The van der Waals surface area contributed by atoms with Gasteiger partial charge in [0.25, 0.3) is 0 Å². The minimum absolute atomic E-state index is 0.643. The van der Waals surface area contributed by atoms with Crippen LogP contribution in [0.5, 0.6) is 0 Å². The summed E-state index contributed by atoms with van der Waals surface area (Å²) in [7, 11) is -1.41. The third kappa shape index (κ3) is 3.29. The Bertz CT molecular complexity index is 784. The molecule has 0 aromatic heterocycles. The molecule has 3 N–H and O–H groups in total. The molecule has 3 aromatic rings. The van der Waals surface area contributed by atoms with Gasteiger partial charge in [0, 0.05) is 12.2 Å². The highest BCUT2D eigenvalue weighted by Gasteiger charge is 1.99.